The molecule has 0 saturated carbocycles. The fourth-order valence-electron chi connectivity index (χ4n) is 2.86. The Morgan fingerprint density at radius 3 is 2.59 bits per heavy atom. The van der Waals surface area contributed by atoms with Crippen molar-refractivity contribution in [3.05, 3.63) is 64.5 Å². The molecule has 140 valence electrons. The summed E-state index contributed by atoms with van der Waals surface area (Å²) in [5.74, 6) is 0.00371. The largest absolute Gasteiger partial charge is 0.496 e. The van der Waals surface area contributed by atoms with Crippen LogP contribution in [0.25, 0.3) is 10.1 Å². The average Bonchev–Trinajstić information content (AvgIpc) is 3.03. The van der Waals surface area contributed by atoms with E-state index in [0.717, 1.165) is 27.0 Å². The van der Waals surface area contributed by atoms with E-state index < -0.39 is 5.97 Å². The van der Waals surface area contributed by atoms with Gasteiger partial charge in [0.25, 0.3) is 5.91 Å². The number of ether oxygens (including phenoxy) is 2. The van der Waals surface area contributed by atoms with E-state index in [-0.39, 0.29) is 12.5 Å². The molecular weight excluding hydrogens is 362 g/mol. The number of thiophene rings is 1. The number of aryl methyl sites for hydroxylation is 1. The Kier molecular flexibility index (Phi) is 6.08. The molecule has 3 aromatic rings. The normalized spacial score (nSPS) is 10.6. The first-order chi connectivity index (χ1) is 13.1. The van der Waals surface area contributed by atoms with Crippen molar-refractivity contribution in [2.75, 3.05) is 20.3 Å². The molecule has 0 atom stereocenters. The number of methoxy groups -OCH3 is 1. The highest BCUT2D eigenvalue weighted by Gasteiger charge is 2.17. The van der Waals surface area contributed by atoms with E-state index in [2.05, 4.69) is 5.32 Å². The molecule has 0 aliphatic carbocycles. The lowest BCUT2D eigenvalue weighted by atomic mass is 10.1. The number of rotatable bonds is 7. The zero-order valence-electron chi connectivity index (χ0n) is 15.3. The van der Waals surface area contributed by atoms with Crippen molar-refractivity contribution < 1.29 is 19.1 Å². The van der Waals surface area contributed by atoms with Crippen molar-refractivity contribution in [2.45, 2.75) is 13.3 Å². The van der Waals surface area contributed by atoms with Gasteiger partial charge in [-0.25, -0.2) is 4.79 Å². The predicted octanol–water partition coefficient (Wildman–Crippen LogP) is 3.73. The third-order valence-electron chi connectivity index (χ3n) is 4.27. The van der Waals surface area contributed by atoms with Crippen molar-refractivity contribution in [3.63, 3.8) is 0 Å². The van der Waals surface area contributed by atoms with Crippen LogP contribution in [0.15, 0.2) is 48.5 Å². The summed E-state index contributed by atoms with van der Waals surface area (Å²) in [4.78, 5) is 24.8. The van der Waals surface area contributed by atoms with Gasteiger partial charge in [-0.15, -0.1) is 11.3 Å². The molecule has 0 aliphatic heterocycles. The van der Waals surface area contributed by atoms with Crippen molar-refractivity contribution in [1.82, 2.24) is 5.32 Å². The highest BCUT2D eigenvalue weighted by atomic mass is 32.1. The molecule has 0 spiro atoms. The van der Waals surface area contributed by atoms with Crippen LogP contribution in [0.2, 0.25) is 0 Å². The number of amides is 1. The Balaban J connectivity index is 1.50. The van der Waals surface area contributed by atoms with Crippen LogP contribution in [-0.4, -0.2) is 32.1 Å². The summed E-state index contributed by atoms with van der Waals surface area (Å²) in [6.07, 6.45) is 0.638. The second-order valence-electron chi connectivity index (χ2n) is 6.04. The summed E-state index contributed by atoms with van der Waals surface area (Å²) in [6.45, 7) is 2.04. The minimum atomic E-state index is -0.464. The van der Waals surface area contributed by atoms with Gasteiger partial charge < -0.3 is 14.8 Å². The summed E-state index contributed by atoms with van der Waals surface area (Å²) in [5, 5.41) is 3.80. The van der Waals surface area contributed by atoms with E-state index in [1.54, 1.807) is 7.11 Å². The summed E-state index contributed by atoms with van der Waals surface area (Å²) in [6, 6.07) is 15.5. The minimum absolute atomic E-state index is 0.293. The monoisotopic (exact) mass is 383 g/mol. The smallest absolute Gasteiger partial charge is 0.349 e. The molecule has 0 unspecified atom stereocenters. The molecule has 1 N–H and O–H groups in total. The van der Waals surface area contributed by atoms with Gasteiger partial charge in [-0.05, 0) is 42.0 Å². The number of para-hydroxylation sites is 1. The summed E-state index contributed by atoms with van der Waals surface area (Å²) >= 11 is 1.38. The standard InChI is InChI=1S/C21H21NO4S/c1-14-16-8-4-6-10-18(16)27-20(14)21(24)26-13-19(23)22-12-11-15-7-3-5-9-17(15)25-2/h3-10H,11-13H2,1-2H3,(H,22,23). The van der Waals surface area contributed by atoms with Gasteiger partial charge >= 0.3 is 5.97 Å². The topological polar surface area (TPSA) is 64.6 Å². The molecule has 3 rings (SSSR count). The lowest BCUT2D eigenvalue weighted by Crippen LogP contribution is -2.30. The fourth-order valence-corrected chi connectivity index (χ4v) is 3.97. The van der Waals surface area contributed by atoms with Crippen molar-refractivity contribution >= 4 is 33.3 Å². The number of hydrogen-bond donors (Lipinski definition) is 1. The third kappa shape index (κ3) is 4.46. The van der Waals surface area contributed by atoms with Gasteiger partial charge in [0.2, 0.25) is 0 Å². The lowest BCUT2D eigenvalue weighted by Gasteiger charge is -2.09. The number of fused-ring (bicyclic) bond motifs is 1. The van der Waals surface area contributed by atoms with Crippen LogP contribution in [-0.2, 0) is 16.0 Å². The van der Waals surface area contributed by atoms with Crippen molar-refractivity contribution in [3.8, 4) is 5.75 Å². The number of hydrogen-bond acceptors (Lipinski definition) is 5. The fraction of sp³-hybridized carbons (Fsp3) is 0.238. The second-order valence-corrected chi connectivity index (χ2v) is 7.09. The Morgan fingerprint density at radius 1 is 1.07 bits per heavy atom. The average molecular weight is 383 g/mol. The number of esters is 1. The van der Waals surface area contributed by atoms with Gasteiger partial charge in [0.05, 0.1) is 7.11 Å². The molecule has 1 heterocycles. The van der Waals surface area contributed by atoms with Crippen LogP contribution < -0.4 is 10.1 Å². The van der Waals surface area contributed by atoms with Crippen molar-refractivity contribution in [1.29, 1.82) is 0 Å². The lowest BCUT2D eigenvalue weighted by molar-refractivity contribution is -0.124. The van der Waals surface area contributed by atoms with E-state index in [1.165, 1.54) is 11.3 Å². The molecule has 2 aromatic carbocycles. The van der Waals surface area contributed by atoms with Crippen molar-refractivity contribution in [2.24, 2.45) is 0 Å². The molecule has 1 amide bonds. The minimum Gasteiger partial charge on any atom is -0.496 e. The van der Waals surface area contributed by atoms with E-state index in [4.69, 9.17) is 9.47 Å². The second kappa shape index (κ2) is 8.68. The first kappa shape index (κ1) is 18.9. The maximum atomic E-state index is 12.3. The summed E-state index contributed by atoms with van der Waals surface area (Å²) in [5.41, 5.74) is 1.90. The zero-order valence-corrected chi connectivity index (χ0v) is 16.1. The van der Waals surface area contributed by atoms with E-state index in [0.29, 0.717) is 17.8 Å². The van der Waals surface area contributed by atoms with Gasteiger partial charge in [-0.2, -0.15) is 0 Å². The van der Waals surface area contributed by atoms with Crippen LogP contribution in [0.3, 0.4) is 0 Å². The van der Waals surface area contributed by atoms with Crippen LogP contribution in [0.5, 0.6) is 5.75 Å². The van der Waals surface area contributed by atoms with Gasteiger partial charge in [0, 0.05) is 11.2 Å². The SMILES string of the molecule is COc1ccccc1CCNC(=O)COC(=O)c1sc2ccccc2c1C. The molecule has 6 heteroatoms. The van der Waals surface area contributed by atoms with Gasteiger partial charge in [-0.3, -0.25) is 4.79 Å². The first-order valence-corrected chi connectivity index (χ1v) is 9.45. The number of nitrogens with one attached hydrogen (secondary N) is 1. The van der Waals surface area contributed by atoms with Crippen LogP contribution in [0.1, 0.15) is 20.8 Å². The third-order valence-corrected chi connectivity index (χ3v) is 5.53. The predicted molar refractivity (Wildman–Crippen MR) is 107 cm³/mol. The van der Waals surface area contributed by atoms with Crippen LogP contribution in [0, 0.1) is 6.92 Å². The maximum absolute atomic E-state index is 12.3. The van der Waals surface area contributed by atoms with Gasteiger partial charge in [-0.1, -0.05) is 36.4 Å². The highest BCUT2D eigenvalue weighted by molar-refractivity contribution is 7.21. The number of carbonyl (C=O) groups is 2. The molecule has 0 fully saturated rings. The Morgan fingerprint density at radius 2 is 1.81 bits per heavy atom. The van der Waals surface area contributed by atoms with E-state index in [1.807, 2.05) is 55.5 Å². The molecule has 27 heavy (non-hydrogen) atoms. The highest BCUT2D eigenvalue weighted by Crippen LogP contribution is 2.30. The van der Waals surface area contributed by atoms with Gasteiger partial charge in [0.15, 0.2) is 6.61 Å². The van der Waals surface area contributed by atoms with Crippen LogP contribution >= 0.6 is 11.3 Å². The summed E-state index contributed by atoms with van der Waals surface area (Å²) in [7, 11) is 1.62. The van der Waals surface area contributed by atoms with Gasteiger partial charge in [0.1, 0.15) is 10.6 Å². The Bertz CT molecular complexity index is 964. The molecule has 5 nitrogen and oxygen atoms in total. The quantitative estimate of drug-likeness (QED) is 0.632. The molecular formula is C21H21NO4S. The Hall–Kier alpha value is -2.86. The number of carbonyl (C=O) groups excluding carboxylic acids is 2. The zero-order chi connectivity index (χ0) is 19.2. The van der Waals surface area contributed by atoms with Crippen LogP contribution in [0.4, 0.5) is 0 Å². The molecule has 0 aliphatic rings. The molecule has 1 aromatic heterocycles. The molecule has 0 saturated heterocycles. The Labute approximate surface area is 161 Å². The summed E-state index contributed by atoms with van der Waals surface area (Å²) < 4.78 is 11.5. The van der Waals surface area contributed by atoms with E-state index in [9.17, 15) is 9.59 Å². The molecule has 0 bridgehead atoms. The van der Waals surface area contributed by atoms with E-state index >= 15 is 0 Å². The number of benzene rings is 2. The maximum Gasteiger partial charge on any atom is 0.349 e. The molecule has 0 radical (unpaired) electrons. The first-order valence-electron chi connectivity index (χ1n) is 8.64.